The predicted octanol–water partition coefficient (Wildman–Crippen LogP) is 1.47. The first-order valence-corrected chi connectivity index (χ1v) is 6.30. The van der Waals surface area contributed by atoms with E-state index in [0.29, 0.717) is 5.92 Å². The maximum atomic E-state index is 10.5. The van der Waals surface area contributed by atoms with Gasteiger partial charge in [0, 0.05) is 19.5 Å². The fraction of sp³-hybridized carbons (Fsp3) is 0.500. The second-order valence-electron chi connectivity index (χ2n) is 4.58. The van der Waals surface area contributed by atoms with E-state index in [4.69, 9.17) is 0 Å². The molecular formula is C14H20N2O. The van der Waals surface area contributed by atoms with E-state index in [1.54, 1.807) is 7.05 Å². The lowest BCUT2D eigenvalue weighted by atomic mass is 10.0. The van der Waals surface area contributed by atoms with E-state index in [1.807, 2.05) is 0 Å². The van der Waals surface area contributed by atoms with Crippen LogP contribution < -0.4 is 10.6 Å². The first-order chi connectivity index (χ1) is 8.31. The summed E-state index contributed by atoms with van der Waals surface area (Å²) in [6, 6.07) is 8.63. The van der Waals surface area contributed by atoms with Gasteiger partial charge in [-0.3, -0.25) is 4.79 Å². The van der Waals surface area contributed by atoms with E-state index in [9.17, 15) is 4.79 Å². The molecule has 2 aliphatic rings. The van der Waals surface area contributed by atoms with Crippen LogP contribution in [0.5, 0.6) is 0 Å². The summed E-state index contributed by atoms with van der Waals surface area (Å²) in [6.07, 6.45) is 3.38. The molecule has 1 heterocycles. The number of benzene rings is 1. The standard InChI is InChI=1S/C9H11N.C5H9NO/c1-2-4-9-7-10-6-5-8(9)3-1;1-6-5(7)4-2-3-4/h1-4,10H,5-7H2;4H,2-3H2,1H3,(H,6,7). The molecule has 2 N–H and O–H groups in total. The Labute approximate surface area is 103 Å². The van der Waals surface area contributed by atoms with Crippen LogP contribution in [0.1, 0.15) is 24.0 Å². The monoisotopic (exact) mass is 232 g/mol. The van der Waals surface area contributed by atoms with Gasteiger partial charge < -0.3 is 10.6 Å². The van der Waals surface area contributed by atoms with Gasteiger partial charge in [0.1, 0.15) is 0 Å². The second-order valence-corrected chi connectivity index (χ2v) is 4.58. The zero-order valence-electron chi connectivity index (χ0n) is 10.3. The highest BCUT2D eigenvalue weighted by atomic mass is 16.1. The van der Waals surface area contributed by atoms with E-state index in [-0.39, 0.29) is 5.91 Å². The SMILES string of the molecule is CNC(=O)C1CC1.c1ccc2c(c1)CCNC2. The van der Waals surface area contributed by atoms with E-state index in [0.717, 1.165) is 25.9 Å². The molecule has 0 atom stereocenters. The van der Waals surface area contributed by atoms with Gasteiger partial charge in [0.2, 0.25) is 5.91 Å². The lowest BCUT2D eigenvalue weighted by Crippen LogP contribution is -2.23. The van der Waals surface area contributed by atoms with Crippen molar-refractivity contribution in [3.8, 4) is 0 Å². The van der Waals surface area contributed by atoms with E-state index in [2.05, 4.69) is 34.9 Å². The van der Waals surface area contributed by atoms with Gasteiger partial charge in [-0.1, -0.05) is 24.3 Å². The number of hydrogen-bond donors (Lipinski definition) is 2. The minimum absolute atomic E-state index is 0.208. The number of nitrogens with one attached hydrogen (secondary N) is 2. The average molecular weight is 232 g/mol. The molecule has 0 bridgehead atoms. The maximum Gasteiger partial charge on any atom is 0.222 e. The minimum Gasteiger partial charge on any atom is -0.359 e. The Kier molecular flexibility index (Phi) is 4.15. The topological polar surface area (TPSA) is 41.1 Å². The zero-order valence-corrected chi connectivity index (χ0v) is 10.3. The van der Waals surface area contributed by atoms with E-state index >= 15 is 0 Å². The molecule has 0 unspecified atom stereocenters. The fourth-order valence-electron chi connectivity index (χ4n) is 1.97. The van der Waals surface area contributed by atoms with Crippen molar-refractivity contribution in [2.75, 3.05) is 13.6 Å². The number of carbonyl (C=O) groups is 1. The Morgan fingerprint density at radius 2 is 2.00 bits per heavy atom. The van der Waals surface area contributed by atoms with E-state index < -0.39 is 0 Å². The summed E-state index contributed by atoms with van der Waals surface area (Å²) in [5, 5.41) is 5.93. The van der Waals surface area contributed by atoms with Crippen LogP contribution in [0.3, 0.4) is 0 Å². The van der Waals surface area contributed by atoms with Crippen LogP contribution >= 0.6 is 0 Å². The van der Waals surface area contributed by atoms with E-state index in [1.165, 1.54) is 17.5 Å². The largest absolute Gasteiger partial charge is 0.359 e. The predicted molar refractivity (Wildman–Crippen MR) is 68.6 cm³/mol. The van der Waals surface area contributed by atoms with Gasteiger partial charge in [0.15, 0.2) is 0 Å². The van der Waals surface area contributed by atoms with Crippen molar-refractivity contribution < 1.29 is 4.79 Å². The lowest BCUT2D eigenvalue weighted by molar-refractivity contribution is -0.121. The highest BCUT2D eigenvalue weighted by Crippen LogP contribution is 2.28. The Morgan fingerprint density at radius 1 is 1.29 bits per heavy atom. The zero-order chi connectivity index (χ0) is 12.1. The summed E-state index contributed by atoms with van der Waals surface area (Å²) in [5.41, 5.74) is 2.98. The van der Waals surface area contributed by atoms with Crippen molar-refractivity contribution >= 4 is 5.91 Å². The van der Waals surface area contributed by atoms with Crippen LogP contribution in [0, 0.1) is 5.92 Å². The van der Waals surface area contributed by atoms with Crippen LogP contribution in [-0.2, 0) is 17.8 Å². The van der Waals surface area contributed by atoms with Crippen molar-refractivity contribution in [3.63, 3.8) is 0 Å². The van der Waals surface area contributed by atoms with Gasteiger partial charge in [-0.15, -0.1) is 0 Å². The lowest BCUT2D eigenvalue weighted by Gasteiger charge is -2.15. The van der Waals surface area contributed by atoms with Gasteiger partial charge in [0.05, 0.1) is 0 Å². The van der Waals surface area contributed by atoms with Crippen molar-refractivity contribution in [1.29, 1.82) is 0 Å². The Morgan fingerprint density at radius 3 is 2.53 bits per heavy atom. The van der Waals surface area contributed by atoms with Crippen molar-refractivity contribution in [2.45, 2.75) is 25.8 Å². The first-order valence-electron chi connectivity index (χ1n) is 6.30. The molecule has 1 fully saturated rings. The molecule has 1 saturated carbocycles. The molecule has 0 aromatic heterocycles. The molecule has 1 amide bonds. The van der Waals surface area contributed by atoms with Gasteiger partial charge in [0.25, 0.3) is 0 Å². The van der Waals surface area contributed by atoms with Gasteiger partial charge >= 0.3 is 0 Å². The second kappa shape index (κ2) is 5.82. The van der Waals surface area contributed by atoms with Crippen LogP contribution in [0.2, 0.25) is 0 Å². The number of hydrogen-bond acceptors (Lipinski definition) is 2. The summed E-state index contributed by atoms with van der Waals surface area (Å²) in [7, 11) is 1.68. The third kappa shape index (κ3) is 3.56. The molecule has 0 spiro atoms. The summed E-state index contributed by atoms with van der Waals surface area (Å²) in [4.78, 5) is 10.5. The van der Waals surface area contributed by atoms with Crippen LogP contribution in [0.4, 0.5) is 0 Å². The average Bonchev–Trinajstić information content (AvgIpc) is 3.23. The molecule has 1 aliphatic carbocycles. The molecule has 0 saturated heterocycles. The first kappa shape index (κ1) is 12.1. The molecule has 3 nitrogen and oxygen atoms in total. The number of fused-ring (bicyclic) bond motifs is 1. The normalized spacial score (nSPS) is 17.5. The van der Waals surface area contributed by atoms with Crippen molar-refractivity contribution in [1.82, 2.24) is 10.6 Å². The van der Waals surface area contributed by atoms with Crippen molar-refractivity contribution in [3.05, 3.63) is 35.4 Å². The number of rotatable bonds is 1. The third-order valence-electron chi connectivity index (χ3n) is 3.20. The summed E-state index contributed by atoms with van der Waals surface area (Å²) in [5.74, 6) is 0.574. The number of amides is 1. The Balaban J connectivity index is 0.000000136. The molecule has 0 radical (unpaired) electrons. The van der Waals surface area contributed by atoms with Gasteiger partial charge in [-0.05, 0) is 36.9 Å². The fourth-order valence-corrected chi connectivity index (χ4v) is 1.97. The molecule has 1 aromatic rings. The Hall–Kier alpha value is -1.35. The molecule has 1 aliphatic heterocycles. The molecule has 3 rings (SSSR count). The highest BCUT2D eigenvalue weighted by Gasteiger charge is 2.28. The summed E-state index contributed by atoms with van der Waals surface area (Å²) in [6.45, 7) is 2.19. The third-order valence-corrected chi connectivity index (χ3v) is 3.20. The molecular weight excluding hydrogens is 212 g/mol. The molecule has 1 aromatic carbocycles. The van der Waals surface area contributed by atoms with Crippen LogP contribution in [0.15, 0.2) is 24.3 Å². The quantitative estimate of drug-likeness (QED) is 0.770. The van der Waals surface area contributed by atoms with Crippen molar-refractivity contribution in [2.24, 2.45) is 5.92 Å². The minimum atomic E-state index is 0.208. The molecule has 17 heavy (non-hydrogen) atoms. The number of carbonyl (C=O) groups excluding carboxylic acids is 1. The summed E-state index contributed by atoms with van der Waals surface area (Å²) < 4.78 is 0. The Bertz CT molecular complexity index is 361. The van der Waals surface area contributed by atoms with Crippen LogP contribution in [0.25, 0.3) is 0 Å². The molecule has 92 valence electrons. The highest BCUT2D eigenvalue weighted by molar-refractivity contribution is 5.80. The smallest absolute Gasteiger partial charge is 0.222 e. The maximum absolute atomic E-state index is 10.5. The summed E-state index contributed by atoms with van der Waals surface area (Å²) >= 11 is 0. The van der Waals surface area contributed by atoms with Gasteiger partial charge in [-0.25, -0.2) is 0 Å². The van der Waals surface area contributed by atoms with Gasteiger partial charge in [-0.2, -0.15) is 0 Å². The molecule has 3 heteroatoms. The van der Waals surface area contributed by atoms with Crippen LogP contribution in [-0.4, -0.2) is 19.5 Å².